The molecule has 192 valence electrons. The molecule has 3 aromatic rings. The first-order valence-electron chi connectivity index (χ1n) is 12.1. The highest BCUT2D eigenvalue weighted by molar-refractivity contribution is 6.30. The van der Waals surface area contributed by atoms with Crippen LogP contribution in [0.25, 0.3) is 0 Å². The zero-order valence-electron chi connectivity index (χ0n) is 20.2. The minimum Gasteiger partial charge on any atom is -0.490 e. The van der Waals surface area contributed by atoms with Gasteiger partial charge in [-0.25, -0.2) is 0 Å². The van der Waals surface area contributed by atoms with E-state index in [2.05, 4.69) is 4.90 Å². The second kappa shape index (κ2) is 13.2. The average Bonchev–Trinajstić information content (AvgIpc) is 2.88. The molecule has 0 aliphatic carbocycles. The monoisotopic (exact) mass is 529 g/mol. The first-order chi connectivity index (χ1) is 16.9. The lowest BCUT2D eigenvalue weighted by atomic mass is 9.84. The molecule has 3 aromatic carbocycles. The molecule has 5 nitrogen and oxygen atoms in total. The molecular formula is C29H33Cl2NO4. The van der Waals surface area contributed by atoms with Crippen LogP contribution in [0.2, 0.25) is 5.02 Å². The summed E-state index contributed by atoms with van der Waals surface area (Å²) >= 11 is 5.97. The van der Waals surface area contributed by atoms with Crippen LogP contribution < -0.4 is 4.74 Å². The van der Waals surface area contributed by atoms with Crippen LogP contribution in [-0.2, 0) is 12.0 Å². The molecular weight excluding hydrogens is 497 g/mol. The lowest BCUT2D eigenvalue weighted by molar-refractivity contribution is -0.0372. The molecule has 1 aliphatic rings. The summed E-state index contributed by atoms with van der Waals surface area (Å²) in [5, 5.41) is 22.3. The fraction of sp³-hybridized carbons (Fsp3) is 0.345. The maximum Gasteiger partial charge on any atom is 0.166 e. The topological polar surface area (TPSA) is 70.0 Å². The summed E-state index contributed by atoms with van der Waals surface area (Å²) < 4.78 is 5.88. The van der Waals surface area contributed by atoms with E-state index in [9.17, 15) is 15.0 Å². The van der Waals surface area contributed by atoms with Crippen molar-refractivity contribution in [3.63, 3.8) is 0 Å². The number of carbonyl (C=O) groups excluding carboxylic acids is 1. The Morgan fingerprint density at radius 2 is 1.61 bits per heavy atom. The van der Waals surface area contributed by atoms with Crippen LogP contribution in [0.4, 0.5) is 0 Å². The number of carbonyl (C=O) groups is 1. The van der Waals surface area contributed by atoms with Crippen molar-refractivity contribution in [2.45, 2.75) is 37.4 Å². The second-order valence-electron chi connectivity index (χ2n) is 9.21. The minimum atomic E-state index is -0.873. The summed E-state index contributed by atoms with van der Waals surface area (Å²) in [5.41, 5.74) is 1.67. The Bertz CT molecular complexity index is 1100. The van der Waals surface area contributed by atoms with E-state index in [1.807, 2.05) is 54.6 Å². The van der Waals surface area contributed by atoms with Crippen molar-refractivity contribution in [2.75, 3.05) is 26.2 Å². The fourth-order valence-electron chi connectivity index (χ4n) is 4.55. The smallest absolute Gasteiger partial charge is 0.166 e. The zero-order chi connectivity index (χ0) is 24.7. The zero-order valence-corrected chi connectivity index (χ0v) is 21.8. The molecule has 0 bridgehead atoms. The quantitative estimate of drug-likeness (QED) is 0.348. The number of halogens is 2. The van der Waals surface area contributed by atoms with Gasteiger partial charge < -0.3 is 19.8 Å². The number of rotatable bonds is 10. The fourth-order valence-corrected chi connectivity index (χ4v) is 4.68. The first-order valence-corrected chi connectivity index (χ1v) is 12.5. The molecule has 0 saturated carbocycles. The summed E-state index contributed by atoms with van der Waals surface area (Å²) in [6, 6.07) is 24.5. The molecule has 1 heterocycles. The number of Topliss-reactive ketones (excluding diaryl/α,β-unsaturated/α-hetero) is 1. The Labute approximate surface area is 224 Å². The number of ketones is 1. The van der Waals surface area contributed by atoms with Gasteiger partial charge in [-0.3, -0.25) is 4.79 Å². The van der Waals surface area contributed by atoms with Crippen LogP contribution >= 0.6 is 24.0 Å². The van der Waals surface area contributed by atoms with Crippen LogP contribution in [0, 0.1) is 0 Å². The molecule has 1 atom stereocenters. The van der Waals surface area contributed by atoms with Gasteiger partial charge in [0, 0.05) is 31.1 Å². The number of hydrogen-bond acceptors (Lipinski definition) is 5. The molecule has 4 rings (SSSR count). The van der Waals surface area contributed by atoms with Crippen LogP contribution in [-0.4, -0.2) is 53.2 Å². The number of aryl methyl sites for hydroxylation is 1. The molecule has 2 N–H and O–H groups in total. The van der Waals surface area contributed by atoms with E-state index >= 15 is 0 Å². The van der Waals surface area contributed by atoms with Gasteiger partial charge in [-0.1, -0.05) is 66.2 Å². The predicted molar refractivity (Wildman–Crippen MR) is 145 cm³/mol. The van der Waals surface area contributed by atoms with Crippen molar-refractivity contribution in [3.8, 4) is 5.75 Å². The van der Waals surface area contributed by atoms with Crippen LogP contribution in [0.5, 0.6) is 5.75 Å². The highest BCUT2D eigenvalue weighted by Crippen LogP contribution is 2.33. The minimum absolute atomic E-state index is 0. The van der Waals surface area contributed by atoms with Crippen molar-refractivity contribution >= 4 is 29.8 Å². The number of β-amino-alcohol motifs (C(OH)–C–C–N with tert-alkyl or cyclic N) is 1. The molecule has 0 aromatic heterocycles. The largest absolute Gasteiger partial charge is 0.490 e. The number of aliphatic hydroxyl groups is 2. The third kappa shape index (κ3) is 7.55. The number of benzene rings is 3. The molecule has 0 radical (unpaired) electrons. The first kappa shape index (κ1) is 28.2. The molecule has 1 saturated heterocycles. The number of likely N-dealkylation sites (tertiary alicyclic amines) is 1. The Hall–Kier alpha value is -2.41. The number of para-hydroxylation sites is 1. The number of piperidine rings is 1. The second-order valence-corrected chi connectivity index (χ2v) is 9.65. The summed E-state index contributed by atoms with van der Waals surface area (Å²) in [6.45, 7) is 1.89. The summed E-state index contributed by atoms with van der Waals surface area (Å²) in [5.74, 6) is 0.525. The lowest BCUT2D eigenvalue weighted by Gasteiger charge is -2.39. The van der Waals surface area contributed by atoms with E-state index in [0.717, 1.165) is 11.1 Å². The highest BCUT2D eigenvalue weighted by Gasteiger charge is 2.34. The highest BCUT2D eigenvalue weighted by atomic mass is 35.5. The van der Waals surface area contributed by atoms with Gasteiger partial charge in [0.2, 0.25) is 0 Å². The van der Waals surface area contributed by atoms with Crippen molar-refractivity contribution in [1.29, 1.82) is 0 Å². The standard InChI is InChI=1S/C29H32ClNO4.ClH/c30-24-13-11-23(12-14-24)29(34)16-18-31(19-17-29)20-25(32)21-35-28-9-5-4-8-26(28)27(33)15-10-22-6-2-1-3-7-22;/h1-9,11-14,25,32,34H,10,15-21H2;1H. The Morgan fingerprint density at radius 1 is 0.972 bits per heavy atom. The Balaban J connectivity index is 0.00000361. The van der Waals surface area contributed by atoms with Crippen LogP contribution in [0.15, 0.2) is 78.9 Å². The van der Waals surface area contributed by atoms with Crippen LogP contribution in [0.3, 0.4) is 0 Å². The van der Waals surface area contributed by atoms with Crippen molar-refractivity contribution < 1.29 is 19.7 Å². The van der Waals surface area contributed by atoms with Gasteiger partial charge in [0.1, 0.15) is 18.5 Å². The molecule has 7 heteroatoms. The van der Waals surface area contributed by atoms with E-state index in [1.54, 1.807) is 24.3 Å². The number of aliphatic hydroxyl groups excluding tert-OH is 1. The molecule has 0 spiro atoms. The third-order valence-corrected chi connectivity index (χ3v) is 6.89. The van der Waals surface area contributed by atoms with Gasteiger partial charge in [0.05, 0.1) is 11.2 Å². The SMILES string of the molecule is Cl.O=C(CCc1ccccc1)c1ccccc1OCC(O)CN1CCC(O)(c2ccc(Cl)cc2)CC1. The van der Waals surface area contributed by atoms with E-state index in [4.69, 9.17) is 16.3 Å². The van der Waals surface area contributed by atoms with E-state index in [-0.39, 0.29) is 24.8 Å². The number of hydrogen-bond donors (Lipinski definition) is 2. The Morgan fingerprint density at radius 3 is 2.31 bits per heavy atom. The van der Waals surface area contributed by atoms with Crippen LogP contribution in [0.1, 0.15) is 40.7 Å². The summed E-state index contributed by atoms with van der Waals surface area (Å²) in [6.07, 6.45) is 1.54. The van der Waals surface area contributed by atoms with Crippen molar-refractivity contribution in [3.05, 3.63) is 101 Å². The number of ether oxygens (including phenoxy) is 1. The summed E-state index contributed by atoms with van der Waals surface area (Å²) in [7, 11) is 0. The lowest BCUT2D eigenvalue weighted by Crippen LogP contribution is -2.46. The van der Waals surface area contributed by atoms with Gasteiger partial charge >= 0.3 is 0 Å². The van der Waals surface area contributed by atoms with E-state index in [1.165, 1.54) is 0 Å². The van der Waals surface area contributed by atoms with Gasteiger partial charge in [-0.05, 0) is 54.7 Å². The molecule has 1 unspecified atom stereocenters. The van der Waals surface area contributed by atoms with E-state index < -0.39 is 11.7 Å². The molecule has 1 aliphatic heterocycles. The normalized spacial score (nSPS) is 16.1. The molecule has 1 fully saturated rings. The maximum atomic E-state index is 12.8. The number of nitrogens with zero attached hydrogens (tertiary/aromatic N) is 1. The van der Waals surface area contributed by atoms with Gasteiger partial charge in [-0.15, -0.1) is 12.4 Å². The average molecular weight is 530 g/mol. The van der Waals surface area contributed by atoms with Gasteiger partial charge in [0.25, 0.3) is 0 Å². The summed E-state index contributed by atoms with van der Waals surface area (Å²) in [4.78, 5) is 14.9. The third-order valence-electron chi connectivity index (χ3n) is 6.64. The predicted octanol–water partition coefficient (Wildman–Crippen LogP) is 5.30. The van der Waals surface area contributed by atoms with Crippen molar-refractivity contribution in [1.82, 2.24) is 4.90 Å². The van der Waals surface area contributed by atoms with E-state index in [0.29, 0.717) is 61.7 Å². The molecule has 0 amide bonds. The van der Waals surface area contributed by atoms with Gasteiger partial charge in [0.15, 0.2) is 5.78 Å². The van der Waals surface area contributed by atoms with Crippen molar-refractivity contribution in [2.24, 2.45) is 0 Å². The Kier molecular flexibility index (Phi) is 10.3. The molecule has 36 heavy (non-hydrogen) atoms. The maximum absolute atomic E-state index is 12.8. The van der Waals surface area contributed by atoms with Gasteiger partial charge in [-0.2, -0.15) is 0 Å².